The van der Waals surface area contributed by atoms with Crippen molar-refractivity contribution in [3.05, 3.63) is 12.4 Å². The Labute approximate surface area is 149 Å². The summed E-state index contributed by atoms with van der Waals surface area (Å²) in [7, 11) is 0. The van der Waals surface area contributed by atoms with Crippen LogP contribution in [0.5, 0.6) is 5.88 Å². The molecule has 6 nitrogen and oxygen atoms in total. The Bertz CT molecular complexity index is 565. The molecule has 0 radical (unpaired) electrons. The molecule has 3 atom stereocenters. The molecule has 0 aromatic carbocycles. The molecule has 4 rings (SSSR count). The maximum Gasteiger partial charge on any atom is 0.234 e. The van der Waals surface area contributed by atoms with E-state index in [1.807, 2.05) is 6.20 Å². The molecular formula is C19H29N3O3. The van der Waals surface area contributed by atoms with Crippen LogP contribution >= 0.6 is 0 Å². The van der Waals surface area contributed by atoms with Crippen molar-refractivity contribution in [2.75, 3.05) is 31.3 Å². The number of aliphatic hydroxyl groups excluding tert-OH is 1. The maximum atomic E-state index is 10.4. The second-order valence-electron chi connectivity index (χ2n) is 7.67. The smallest absolute Gasteiger partial charge is 0.234 e. The highest BCUT2D eigenvalue weighted by Gasteiger charge is 2.38. The lowest BCUT2D eigenvalue weighted by Crippen LogP contribution is -2.46. The third-order valence-electron chi connectivity index (χ3n) is 5.99. The average molecular weight is 347 g/mol. The van der Waals surface area contributed by atoms with E-state index in [1.54, 1.807) is 6.20 Å². The molecule has 1 N–H and O–H groups in total. The van der Waals surface area contributed by atoms with Gasteiger partial charge < -0.3 is 19.5 Å². The molecule has 0 spiro atoms. The third-order valence-corrected chi connectivity index (χ3v) is 5.99. The molecule has 1 aliphatic carbocycles. The van der Waals surface area contributed by atoms with Gasteiger partial charge in [-0.15, -0.1) is 0 Å². The molecule has 3 heterocycles. The van der Waals surface area contributed by atoms with Gasteiger partial charge in [-0.2, -0.15) is 4.98 Å². The van der Waals surface area contributed by atoms with Crippen LogP contribution in [0.25, 0.3) is 0 Å². The van der Waals surface area contributed by atoms with Crippen LogP contribution in [0.3, 0.4) is 0 Å². The third kappa shape index (κ3) is 3.90. The molecule has 1 saturated carbocycles. The summed E-state index contributed by atoms with van der Waals surface area (Å²) in [5.41, 5.74) is 0. The fraction of sp³-hybridized carbons (Fsp3) is 0.789. The molecule has 25 heavy (non-hydrogen) atoms. The zero-order valence-corrected chi connectivity index (χ0v) is 14.8. The lowest BCUT2D eigenvalue weighted by molar-refractivity contribution is -0.0438. The van der Waals surface area contributed by atoms with Gasteiger partial charge in [0.15, 0.2) is 5.82 Å². The second-order valence-corrected chi connectivity index (χ2v) is 7.67. The highest BCUT2D eigenvalue weighted by Crippen LogP contribution is 2.33. The van der Waals surface area contributed by atoms with Gasteiger partial charge in [-0.05, 0) is 38.0 Å². The topological polar surface area (TPSA) is 67.7 Å². The number of aliphatic hydroxyl groups is 1. The van der Waals surface area contributed by atoms with Gasteiger partial charge in [0.1, 0.15) is 0 Å². The predicted molar refractivity (Wildman–Crippen MR) is 94.8 cm³/mol. The van der Waals surface area contributed by atoms with Gasteiger partial charge in [0.25, 0.3) is 0 Å². The Balaban J connectivity index is 1.43. The van der Waals surface area contributed by atoms with E-state index >= 15 is 0 Å². The van der Waals surface area contributed by atoms with Crippen LogP contribution in [0.4, 0.5) is 5.82 Å². The fourth-order valence-corrected chi connectivity index (χ4v) is 4.56. The molecule has 3 aliphatic rings. The van der Waals surface area contributed by atoms with Crippen molar-refractivity contribution in [2.45, 2.75) is 57.1 Å². The van der Waals surface area contributed by atoms with Crippen LogP contribution in [0.15, 0.2) is 12.4 Å². The normalized spacial score (nSPS) is 30.8. The first-order valence-electron chi connectivity index (χ1n) is 9.78. The largest absolute Gasteiger partial charge is 0.476 e. The van der Waals surface area contributed by atoms with E-state index < -0.39 is 0 Å². The molecule has 0 amide bonds. The summed E-state index contributed by atoms with van der Waals surface area (Å²) in [4.78, 5) is 11.3. The SMILES string of the molecule is O[C@@H]1CCOC[C@@H]1[C@@H]1CCCN1c1cncc(OCC2CCCC2)n1. The van der Waals surface area contributed by atoms with Gasteiger partial charge in [0.2, 0.25) is 5.88 Å². The van der Waals surface area contributed by atoms with E-state index in [9.17, 15) is 5.11 Å². The summed E-state index contributed by atoms with van der Waals surface area (Å²) < 4.78 is 11.5. The van der Waals surface area contributed by atoms with E-state index in [1.165, 1.54) is 25.7 Å². The summed E-state index contributed by atoms with van der Waals surface area (Å²) in [6.45, 7) is 2.99. The minimum Gasteiger partial charge on any atom is -0.476 e. The lowest BCUT2D eigenvalue weighted by Gasteiger charge is -2.37. The molecule has 6 heteroatoms. The number of rotatable bonds is 5. The highest BCUT2D eigenvalue weighted by molar-refractivity contribution is 5.41. The first kappa shape index (κ1) is 17.0. The fourth-order valence-electron chi connectivity index (χ4n) is 4.56. The van der Waals surface area contributed by atoms with Crippen LogP contribution in [0, 0.1) is 11.8 Å². The van der Waals surface area contributed by atoms with Crippen molar-refractivity contribution < 1.29 is 14.6 Å². The molecule has 138 valence electrons. The number of aromatic nitrogens is 2. The van der Waals surface area contributed by atoms with Gasteiger partial charge in [-0.25, -0.2) is 0 Å². The summed E-state index contributed by atoms with van der Waals surface area (Å²) in [5.74, 6) is 2.31. The van der Waals surface area contributed by atoms with Crippen molar-refractivity contribution in [1.82, 2.24) is 9.97 Å². The molecular weight excluding hydrogens is 318 g/mol. The van der Waals surface area contributed by atoms with Crippen LogP contribution in [0.1, 0.15) is 44.9 Å². The summed E-state index contributed by atoms with van der Waals surface area (Å²) in [5, 5.41) is 10.4. The van der Waals surface area contributed by atoms with Crippen LogP contribution < -0.4 is 9.64 Å². The molecule has 0 bridgehead atoms. The summed E-state index contributed by atoms with van der Waals surface area (Å²) in [6.07, 6.45) is 11.3. The second kappa shape index (κ2) is 7.87. The monoisotopic (exact) mass is 347 g/mol. The lowest BCUT2D eigenvalue weighted by atomic mass is 9.89. The predicted octanol–water partition coefficient (Wildman–Crippen LogP) is 2.41. The van der Waals surface area contributed by atoms with Crippen molar-refractivity contribution in [2.24, 2.45) is 11.8 Å². The first-order valence-corrected chi connectivity index (χ1v) is 9.78. The van der Waals surface area contributed by atoms with Gasteiger partial charge >= 0.3 is 0 Å². The first-order chi connectivity index (χ1) is 12.3. The van der Waals surface area contributed by atoms with Crippen LogP contribution in [0.2, 0.25) is 0 Å². The number of anilines is 1. The van der Waals surface area contributed by atoms with Gasteiger partial charge in [-0.3, -0.25) is 4.98 Å². The number of nitrogens with zero attached hydrogens (tertiary/aromatic N) is 3. The Hall–Kier alpha value is -1.40. The van der Waals surface area contributed by atoms with E-state index in [0.717, 1.165) is 38.2 Å². The quantitative estimate of drug-likeness (QED) is 0.882. The number of ether oxygens (including phenoxy) is 2. The van der Waals surface area contributed by atoms with Gasteiger partial charge in [0.05, 0.1) is 31.7 Å². The van der Waals surface area contributed by atoms with E-state index in [2.05, 4.69) is 9.88 Å². The molecule has 2 saturated heterocycles. The van der Waals surface area contributed by atoms with Crippen molar-refractivity contribution >= 4 is 5.82 Å². The maximum absolute atomic E-state index is 10.4. The van der Waals surface area contributed by atoms with Crippen LogP contribution in [-0.4, -0.2) is 53.6 Å². The van der Waals surface area contributed by atoms with Gasteiger partial charge in [-0.1, -0.05) is 12.8 Å². The summed E-state index contributed by atoms with van der Waals surface area (Å²) >= 11 is 0. The molecule has 1 aromatic rings. The van der Waals surface area contributed by atoms with Crippen molar-refractivity contribution in [1.29, 1.82) is 0 Å². The van der Waals surface area contributed by atoms with E-state index in [4.69, 9.17) is 14.5 Å². The standard InChI is InChI=1S/C19H29N3O3/c23-17-7-9-24-13-15(17)16-6-3-8-22(16)18-10-20-11-19(21-18)25-12-14-4-1-2-5-14/h10-11,14-17,23H,1-9,12-13H2/t15-,16+,17-/m1/s1. The molecule has 1 aromatic heterocycles. The van der Waals surface area contributed by atoms with Crippen molar-refractivity contribution in [3.8, 4) is 5.88 Å². The van der Waals surface area contributed by atoms with E-state index in [0.29, 0.717) is 25.0 Å². The zero-order chi connectivity index (χ0) is 17.1. The minimum atomic E-state index is -0.283. The number of hydrogen-bond acceptors (Lipinski definition) is 6. The van der Waals surface area contributed by atoms with Crippen LogP contribution in [-0.2, 0) is 4.74 Å². The van der Waals surface area contributed by atoms with Gasteiger partial charge in [0, 0.05) is 25.1 Å². The molecule has 3 fully saturated rings. The Morgan fingerprint density at radius 2 is 2.04 bits per heavy atom. The highest BCUT2D eigenvalue weighted by atomic mass is 16.5. The Morgan fingerprint density at radius 1 is 1.16 bits per heavy atom. The summed E-state index contributed by atoms with van der Waals surface area (Å²) in [6, 6.07) is 0.273. The molecule has 2 aliphatic heterocycles. The number of hydrogen-bond donors (Lipinski definition) is 1. The Kier molecular flexibility index (Phi) is 5.36. The Morgan fingerprint density at radius 3 is 2.88 bits per heavy atom. The average Bonchev–Trinajstić information content (AvgIpc) is 3.32. The zero-order valence-electron chi connectivity index (χ0n) is 14.8. The minimum absolute atomic E-state index is 0.154. The molecule has 0 unspecified atom stereocenters. The van der Waals surface area contributed by atoms with Crippen molar-refractivity contribution in [3.63, 3.8) is 0 Å². The van der Waals surface area contributed by atoms with E-state index in [-0.39, 0.29) is 18.1 Å².